The first-order valence-corrected chi connectivity index (χ1v) is 9.18. The van der Waals surface area contributed by atoms with Gasteiger partial charge in [0.25, 0.3) is 5.91 Å². The van der Waals surface area contributed by atoms with E-state index in [1.165, 1.54) is 18.4 Å². The highest BCUT2D eigenvalue weighted by atomic mass is 32.1. The lowest BCUT2D eigenvalue weighted by molar-refractivity contribution is 0.0950. The molecule has 0 unspecified atom stereocenters. The van der Waals surface area contributed by atoms with E-state index in [2.05, 4.69) is 20.4 Å². The molecule has 0 saturated heterocycles. The highest BCUT2D eigenvalue weighted by molar-refractivity contribution is 7.12. The molecule has 0 aliphatic carbocycles. The second-order valence-electron chi connectivity index (χ2n) is 5.93. The van der Waals surface area contributed by atoms with Crippen LogP contribution in [0.15, 0.2) is 41.9 Å². The summed E-state index contributed by atoms with van der Waals surface area (Å²) in [4.78, 5) is 28.1. The van der Waals surface area contributed by atoms with Gasteiger partial charge in [0, 0.05) is 35.2 Å². The number of carbonyl (C=O) groups excluding carboxylic acids is 2. The first-order valence-electron chi connectivity index (χ1n) is 8.30. The van der Waals surface area contributed by atoms with Gasteiger partial charge in [-0.15, -0.1) is 11.3 Å². The van der Waals surface area contributed by atoms with Crippen molar-refractivity contribution in [2.75, 3.05) is 12.4 Å². The molecule has 2 heterocycles. The number of hydrogen-bond donors (Lipinski definition) is 2. The molecule has 8 heteroatoms. The topological polar surface area (TPSA) is 85.3 Å². The number of rotatable bonds is 5. The van der Waals surface area contributed by atoms with Gasteiger partial charge in [0.2, 0.25) is 0 Å². The Morgan fingerprint density at radius 2 is 1.96 bits per heavy atom. The van der Waals surface area contributed by atoms with Gasteiger partial charge < -0.3 is 10.1 Å². The van der Waals surface area contributed by atoms with Crippen LogP contribution in [0.25, 0.3) is 5.13 Å². The molecule has 0 aliphatic rings. The Balaban J connectivity index is 1.66. The molecule has 0 saturated carbocycles. The van der Waals surface area contributed by atoms with Crippen LogP contribution < -0.4 is 10.6 Å². The fraction of sp³-hybridized carbons (Fsp3) is 0.211. The molecule has 0 radical (unpaired) electrons. The van der Waals surface area contributed by atoms with Gasteiger partial charge in [-0.3, -0.25) is 14.7 Å². The molecule has 2 aromatic heterocycles. The summed E-state index contributed by atoms with van der Waals surface area (Å²) in [5.74, 6) is -0.136. The summed E-state index contributed by atoms with van der Waals surface area (Å²) >= 11 is 1.53. The lowest BCUT2D eigenvalue weighted by Gasteiger charge is -2.08. The maximum Gasteiger partial charge on any atom is 0.411 e. The quantitative estimate of drug-likeness (QED) is 0.703. The van der Waals surface area contributed by atoms with Gasteiger partial charge in [-0.1, -0.05) is 12.1 Å². The van der Waals surface area contributed by atoms with Crippen LogP contribution in [-0.4, -0.2) is 28.7 Å². The van der Waals surface area contributed by atoms with Gasteiger partial charge in [-0.2, -0.15) is 0 Å². The Bertz CT molecular complexity index is 946. The van der Waals surface area contributed by atoms with Crippen LogP contribution in [0.4, 0.5) is 10.5 Å². The van der Waals surface area contributed by atoms with Gasteiger partial charge in [0.15, 0.2) is 5.13 Å². The number of methoxy groups -OCH3 is 1. The maximum absolute atomic E-state index is 12.6. The molecule has 2 N–H and O–H groups in total. The second kappa shape index (κ2) is 8.05. The SMILES string of the molecule is COC(=O)Nc1ccc(CNC(=O)c2cc(C)n(-c3nccs3)c2C)cc1. The number of aromatic nitrogens is 2. The van der Waals surface area contributed by atoms with E-state index in [0.29, 0.717) is 17.8 Å². The summed E-state index contributed by atoms with van der Waals surface area (Å²) in [5.41, 5.74) is 4.01. The van der Waals surface area contributed by atoms with Crippen molar-refractivity contribution in [1.82, 2.24) is 14.9 Å². The monoisotopic (exact) mass is 384 g/mol. The highest BCUT2D eigenvalue weighted by Gasteiger charge is 2.17. The van der Waals surface area contributed by atoms with Crippen molar-refractivity contribution in [3.63, 3.8) is 0 Å². The van der Waals surface area contributed by atoms with E-state index in [1.807, 2.05) is 42.0 Å². The molecule has 1 aromatic carbocycles. The maximum atomic E-state index is 12.6. The molecule has 0 fully saturated rings. The molecule has 2 amide bonds. The van der Waals surface area contributed by atoms with Gasteiger partial charge in [0.05, 0.1) is 12.7 Å². The summed E-state index contributed by atoms with van der Waals surface area (Å²) < 4.78 is 6.53. The van der Waals surface area contributed by atoms with Crippen LogP contribution >= 0.6 is 11.3 Å². The lowest BCUT2D eigenvalue weighted by atomic mass is 10.2. The van der Waals surface area contributed by atoms with Crippen LogP contribution in [0.1, 0.15) is 27.3 Å². The van der Waals surface area contributed by atoms with Gasteiger partial charge in [-0.05, 0) is 37.6 Å². The van der Waals surface area contributed by atoms with Crippen LogP contribution in [0.3, 0.4) is 0 Å². The zero-order valence-electron chi connectivity index (χ0n) is 15.3. The third-order valence-corrected chi connectivity index (χ3v) is 4.88. The molecular formula is C19H20N4O3S. The average molecular weight is 384 g/mol. The van der Waals surface area contributed by atoms with Crippen molar-refractivity contribution in [3.8, 4) is 5.13 Å². The fourth-order valence-corrected chi connectivity index (χ4v) is 3.52. The van der Waals surface area contributed by atoms with Crippen molar-refractivity contribution in [1.29, 1.82) is 0 Å². The van der Waals surface area contributed by atoms with Gasteiger partial charge >= 0.3 is 6.09 Å². The summed E-state index contributed by atoms with van der Waals surface area (Å²) in [6.07, 6.45) is 1.23. The predicted molar refractivity (Wildman–Crippen MR) is 105 cm³/mol. The van der Waals surface area contributed by atoms with Crippen molar-refractivity contribution in [2.24, 2.45) is 0 Å². The number of hydrogen-bond acceptors (Lipinski definition) is 5. The molecule has 0 bridgehead atoms. The van der Waals surface area contributed by atoms with Crippen LogP contribution in [0, 0.1) is 13.8 Å². The van der Waals surface area contributed by atoms with E-state index in [9.17, 15) is 9.59 Å². The zero-order chi connectivity index (χ0) is 19.4. The number of thiazole rings is 1. The molecule has 140 valence electrons. The summed E-state index contributed by atoms with van der Waals surface area (Å²) in [6, 6.07) is 9.06. The molecule has 0 atom stereocenters. The number of anilines is 1. The van der Waals surface area contributed by atoms with Crippen molar-refractivity contribution in [2.45, 2.75) is 20.4 Å². The van der Waals surface area contributed by atoms with Gasteiger partial charge in [-0.25, -0.2) is 9.78 Å². The van der Waals surface area contributed by atoms with Gasteiger partial charge in [0.1, 0.15) is 0 Å². The number of ether oxygens (including phenoxy) is 1. The third kappa shape index (κ3) is 4.17. The minimum atomic E-state index is -0.522. The van der Waals surface area contributed by atoms with Crippen molar-refractivity contribution < 1.29 is 14.3 Å². The molecule has 0 aliphatic heterocycles. The number of nitrogens with one attached hydrogen (secondary N) is 2. The zero-order valence-corrected chi connectivity index (χ0v) is 16.1. The van der Waals surface area contributed by atoms with Crippen LogP contribution in [0.5, 0.6) is 0 Å². The first-order chi connectivity index (χ1) is 13.0. The fourth-order valence-electron chi connectivity index (χ4n) is 2.77. The van der Waals surface area contributed by atoms with Crippen molar-refractivity contribution >= 4 is 29.0 Å². The number of amides is 2. The lowest BCUT2D eigenvalue weighted by Crippen LogP contribution is -2.23. The standard InChI is InChI=1S/C19H20N4O3S/c1-12-10-16(13(2)23(12)18-20-8-9-27-18)17(24)21-11-14-4-6-15(7-5-14)22-19(25)26-3/h4-10H,11H2,1-3H3,(H,21,24)(H,22,25). The molecule has 3 aromatic rings. The Labute approximate surface area is 161 Å². The van der Waals surface area contributed by atoms with Crippen LogP contribution in [-0.2, 0) is 11.3 Å². The molecule has 0 spiro atoms. The summed E-state index contributed by atoms with van der Waals surface area (Å²) in [7, 11) is 1.31. The highest BCUT2D eigenvalue weighted by Crippen LogP contribution is 2.22. The molecule has 27 heavy (non-hydrogen) atoms. The minimum absolute atomic E-state index is 0.136. The van der Waals surface area contributed by atoms with E-state index in [1.54, 1.807) is 18.3 Å². The predicted octanol–water partition coefficient (Wildman–Crippen LogP) is 3.66. The Hall–Kier alpha value is -3.13. The van der Waals surface area contributed by atoms with E-state index < -0.39 is 6.09 Å². The van der Waals surface area contributed by atoms with E-state index in [0.717, 1.165) is 22.1 Å². The minimum Gasteiger partial charge on any atom is -0.453 e. The normalized spacial score (nSPS) is 10.5. The van der Waals surface area contributed by atoms with Crippen molar-refractivity contribution in [3.05, 3.63) is 64.4 Å². The Kier molecular flexibility index (Phi) is 5.56. The number of benzene rings is 1. The summed E-state index contributed by atoms with van der Waals surface area (Å²) in [6.45, 7) is 4.26. The molecule has 7 nitrogen and oxygen atoms in total. The third-order valence-electron chi connectivity index (χ3n) is 4.13. The molecule has 3 rings (SSSR count). The van der Waals surface area contributed by atoms with E-state index >= 15 is 0 Å². The largest absolute Gasteiger partial charge is 0.453 e. The summed E-state index contributed by atoms with van der Waals surface area (Å²) in [5, 5.41) is 8.27. The Morgan fingerprint density at radius 1 is 1.22 bits per heavy atom. The Morgan fingerprint density at radius 3 is 2.59 bits per heavy atom. The second-order valence-corrected chi connectivity index (χ2v) is 6.80. The van der Waals surface area contributed by atoms with E-state index in [4.69, 9.17) is 0 Å². The van der Waals surface area contributed by atoms with Crippen LogP contribution in [0.2, 0.25) is 0 Å². The number of aryl methyl sites for hydroxylation is 1. The average Bonchev–Trinajstić information content (AvgIpc) is 3.28. The number of nitrogens with zero attached hydrogens (tertiary/aromatic N) is 2. The first kappa shape index (κ1) is 18.7. The smallest absolute Gasteiger partial charge is 0.411 e. The van der Waals surface area contributed by atoms with E-state index in [-0.39, 0.29) is 5.91 Å². The number of carbonyl (C=O) groups is 2. The molecular weight excluding hydrogens is 364 g/mol.